The Balaban J connectivity index is 1.94. The van der Waals surface area contributed by atoms with Gasteiger partial charge in [-0.1, -0.05) is 20.3 Å². The fraction of sp³-hybridized carbons (Fsp3) is 1.00. The summed E-state index contributed by atoms with van der Waals surface area (Å²) >= 11 is 0. The molecule has 3 heteroatoms. The second kappa shape index (κ2) is 8.90. The van der Waals surface area contributed by atoms with Gasteiger partial charge in [-0.2, -0.15) is 0 Å². The zero-order valence-corrected chi connectivity index (χ0v) is 11.9. The summed E-state index contributed by atoms with van der Waals surface area (Å²) in [5.74, 6) is 0.645. The Hall–Kier alpha value is -0.120. The minimum atomic E-state index is 0.645. The molecule has 0 saturated carbocycles. The molecule has 0 bridgehead atoms. The van der Waals surface area contributed by atoms with Crippen LogP contribution in [0, 0.1) is 5.92 Å². The second-order valence-electron chi connectivity index (χ2n) is 5.71. The number of rotatable bonds is 8. The first kappa shape index (κ1) is 14.9. The molecule has 1 rings (SSSR count). The highest BCUT2D eigenvalue weighted by molar-refractivity contribution is 4.73. The Morgan fingerprint density at radius 3 is 2.76 bits per heavy atom. The van der Waals surface area contributed by atoms with Crippen LogP contribution in [-0.4, -0.2) is 50.8 Å². The van der Waals surface area contributed by atoms with E-state index in [0.29, 0.717) is 5.92 Å². The molecule has 102 valence electrons. The highest BCUT2D eigenvalue weighted by Crippen LogP contribution is 2.10. The van der Waals surface area contributed by atoms with Crippen LogP contribution in [0.5, 0.6) is 0 Å². The number of piperidine rings is 1. The molecule has 0 aromatic heterocycles. The normalized spacial score (nSPS) is 21.4. The van der Waals surface area contributed by atoms with Gasteiger partial charge in [0.15, 0.2) is 0 Å². The SMILES string of the molecule is CC(C)COCCN(C)CCC1CCCCN1. The molecule has 1 saturated heterocycles. The average molecular weight is 242 g/mol. The lowest BCUT2D eigenvalue weighted by Gasteiger charge is -2.26. The lowest BCUT2D eigenvalue weighted by atomic mass is 10.0. The third-order valence-corrected chi connectivity index (χ3v) is 3.34. The number of hydrogen-bond acceptors (Lipinski definition) is 3. The Labute approximate surface area is 107 Å². The maximum absolute atomic E-state index is 5.60. The maximum Gasteiger partial charge on any atom is 0.0593 e. The van der Waals surface area contributed by atoms with Crippen LogP contribution in [0.25, 0.3) is 0 Å². The van der Waals surface area contributed by atoms with E-state index in [1.54, 1.807) is 0 Å². The molecule has 3 nitrogen and oxygen atoms in total. The van der Waals surface area contributed by atoms with Crippen LogP contribution >= 0.6 is 0 Å². The summed E-state index contributed by atoms with van der Waals surface area (Å²) in [6.07, 6.45) is 5.40. The van der Waals surface area contributed by atoms with Crippen molar-refractivity contribution in [1.82, 2.24) is 10.2 Å². The average Bonchev–Trinajstić information content (AvgIpc) is 2.33. The summed E-state index contributed by atoms with van der Waals surface area (Å²) in [6, 6.07) is 0.753. The van der Waals surface area contributed by atoms with E-state index in [2.05, 4.69) is 31.1 Å². The van der Waals surface area contributed by atoms with Crippen molar-refractivity contribution in [3.8, 4) is 0 Å². The van der Waals surface area contributed by atoms with Gasteiger partial charge in [-0.15, -0.1) is 0 Å². The summed E-state index contributed by atoms with van der Waals surface area (Å²) in [5, 5.41) is 3.60. The molecule has 0 aromatic rings. The Morgan fingerprint density at radius 1 is 1.29 bits per heavy atom. The highest BCUT2D eigenvalue weighted by atomic mass is 16.5. The van der Waals surface area contributed by atoms with Crippen LogP contribution in [0.3, 0.4) is 0 Å². The van der Waals surface area contributed by atoms with Crippen LogP contribution in [0.1, 0.15) is 39.5 Å². The van der Waals surface area contributed by atoms with Gasteiger partial charge in [0.25, 0.3) is 0 Å². The van der Waals surface area contributed by atoms with Crippen LogP contribution < -0.4 is 5.32 Å². The lowest BCUT2D eigenvalue weighted by molar-refractivity contribution is 0.0904. The van der Waals surface area contributed by atoms with Gasteiger partial charge < -0.3 is 15.0 Å². The molecule has 1 aliphatic rings. The van der Waals surface area contributed by atoms with Crippen LogP contribution in [0.15, 0.2) is 0 Å². The van der Waals surface area contributed by atoms with E-state index in [4.69, 9.17) is 4.74 Å². The number of ether oxygens (including phenoxy) is 1. The summed E-state index contributed by atoms with van der Waals surface area (Å²) < 4.78 is 5.60. The van der Waals surface area contributed by atoms with Crippen molar-refractivity contribution in [2.24, 2.45) is 5.92 Å². The smallest absolute Gasteiger partial charge is 0.0593 e. The third kappa shape index (κ3) is 7.74. The molecule has 1 aliphatic heterocycles. The van der Waals surface area contributed by atoms with Crippen molar-refractivity contribution in [3.05, 3.63) is 0 Å². The van der Waals surface area contributed by atoms with Crippen molar-refractivity contribution < 1.29 is 4.74 Å². The van der Waals surface area contributed by atoms with Gasteiger partial charge in [-0.05, 0) is 45.3 Å². The second-order valence-corrected chi connectivity index (χ2v) is 5.71. The zero-order valence-electron chi connectivity index (χ0n) is 11.9. The van der Waals surface area contributed by atoms with E-state index in [1.165, 1.54) is 38.8 Å². The maximum atomic E-state index is 5.60. The van der Waals surface area contributed by atoms with Gasteiger partial charge >= 0.3 is 0 Å². The number of hydrogen-bond donors (Lipinski definition) is 1. The molecule has 1 heterocycles. The quantitative estimate of drug-likeness (QED) is 0.660. The molecular formula is C14H30N2O. The number of likely N-dealkylation sites (N-methyl/N-ethyl adjacent to an activating group) is 1. The molecule has 0 aromatic carbocycles. The summed E-state index contributed by atoms with van der Waals surface area (Å²) in [6.45, 7) is 9.59. The van der Waals surface area contributed by atoms with Crippen molar-refractivity contribution in [3.63, 3.8) is 0 Å². The summed E-state index contributed by atoms with van der Waals surface area (Å²) in [7, 11) is 2.20. The van der Waals surface area contributed by atoms with Gasteiger partial charge in [0.2, 0.25) is 0 Å². The van der Waals surface area contributed by atoms with Crippen molar-refractivity contribution in [2.75, 3.05) is 39.9 Å². The van der Waals surface area contributed by atoms with Crippen LogP contribution in [0.4, 0.5) is 0 Å². The molecule has 0 amide bonds. The summed E-state index contributed by atoms with van der Waals surface area (Å²) in [4.78, 5) is 2.39. The Morgan fingerprint density at radius 2 is 2.12 bits per heavy atom. The first-order chi connectivity index (χ1) is 8.18. The molecular weight excluding hydrogens is 212 g/mol. The van der Waals surface area contributed by atoms with Gasteiger partial charge in [-0.3, -0.25) is 0 Å². The van der Waals surface area contributed by atoms with Crippen molar-refractivity contribution in [1.29, 1.82) is 0 Å². The van der Waals surface area contributed by atoms with E-state index in [-0.39, 0.29) is 0 Å². The Kier molecular flexibility index (Phi) is 7.82. The standard InChI is InChI=1S/C14H30N2O/c1-13(2)12-17-11-10-16(3)9-7-14-6-4-5-8-15-14/h13-15H,4-12H2,1-3H3. The van der Waals surface area contributed by atoms with Gasteiger partial charge in [0.05, 0.1) is 6.61 Å². The van der Waals surface area contributed by atoms with Crippen LogP contribution in [0.2, 0.25) is 0 Å². The summed E-state index contributed by atoms with van der Waals surface area (Å²) in [5.41, 5.74) is 0. The first-order valence-corrected chi connectivity index (χ1v) is 7.18. The van der Waals surface area contributed by atoms with E-state index in [0.717, 1.165) is 25.8 Å². The van der Waals surface area contributed by atoms with Gasteiger partial charge in [0, 0.05) is 19.2 Å². The van der Waals surface area contributed by atoms with E-state index >= 15 is 0 Å². The minimum Gasteiger partial charge on any atom is -0.380 e. The van der Waals surface area contributed by atoms with Crippen molar-refractivity contribution >= 4 is 0 Å². The zero-order chi connectivity index (χ0) is 12.5. The lowest BCUT2D eigenvalue weighted by Crippen LogP contribution is -2.37. The number of nitrogens with one attached hydrogen (secondary N) is 1. The van der Waals surface area contributed by atoms with Gasteiger partial charge in [0.1, 0.15) is 0 Å². The largest absolute Gasteiger partial charge is 0.380 e. The van der Waals surface area contributed by atoms with Crippen LogP contribution in [-0.2, 0) is 4.74 Å². The van der Waals surface area contributed by atoms with E-state index < -0.39 is 0 Å². The molecule has 1 fully saturated rings. The van der Waals surface area contributed by atoms with Gasteiger partial charge in [-0.25, -0.2) is 0 Å². The third-order valence-electron chi connectivity index (χ3n) is 3.34. The topological polar surface area (TPSA) is 24.5 Å². The van der Waals surface area contributed by atoms with E-state index in [1.807, 2.05) is 0 Å². The van der Waals surface area contributed by atoms with E-state index in [9.17, 15) is 0 Å². The molecule has 0 spiro atoms. The minimum absolute atomic E-state index is 0.645. The molecule has 0 radical (unpaired) electrons. The molecule has 17 heavy (non-hydrogen) atoms. The predicted octanol–water partition coefficient (Wildman–Crippen LogP) is 2.12. The molecule has 1 atom stereocenters. The Bertz CT molecular complexity index is 179. The predicted molar refractivity (Wildman–Crippen MR) is 73.4 cm³/mol. The molecule has 0 aliphatic carbocycles. The molecule has 1 N–H and O–H groups in total. The fourth-order valence-electron chi connectivity index (χ4n) is 2.20. The fourth-order valence-corrected chi connectivity index (χ4v) is 2.20. The molecule has 1 unspecified atom stereocenters. The monoisotopic (exact) mass is 242 g/mol. The number of nitrogens with zero attached hydrogens (tertiary/aromatic N) is 1. The highest BCUT2D eigenvalue weighted by Gasteiger charge is 2.12. The first-order valence-electron chi connectivity index (χ1n) is 7.18. The van der Waals surface area contributed by atoms with Crippen molar-refractivity contribution in [2.45, 2.75) is 45.6 Å².